The van der Waals surface area contributed by atoms with Crippen LogP contribution in [0.4, 0.5) is 0 Å². The van der Waals surface area contributed by atoms with Gasteiger partial charge < -0.3 is 14.8 Å². The minimum atomic E-state index is 0.265. The lowest BCUT2D eigenvalue weighted by atomic mass is 9.74. The third-order valence-electron chi connectivity index (χ3n) is 5.59. The Bertz CT molecular complexity index is 679. The highest BCUT2D eigenvalue weighted by Gasteiger charge is 2.26. The molecule has 0 heterocycles. The summed E-state index contributed by atoms with van der Waals surface area (Å²) >= 11 is 0. The molecule has 0 amide bonds. The van der Waals surface area contributed by atoms with Crippen LogP contribution >= 0.6 is 0 Å². The molecule has 2 aromatic rings. The van der Waals surface area contributed by atoms with Crippen molar-refractivity contribution >= 4 is 0 Å². The van der Waals surface area contributed by atoms with Gasteiger partial charge in [0.2, 0.25) is 0 Å². The Morgan fingerprint density at radius 3 is 2.41 bits per heavy atom. The van der Waals surface area contributed by atoms with Crippen molar-refractivity contribution < 1.29 is 9.47 Å². The van der Waals surface area contributed by atoms with Crippen LogP contribution in [0, 0.1) is 11.3 Å². The van der Waals surface area contributed by atoms with Crippen LogP contribution in [0.25, 0.3) is 0 Å². The van der Waals surface area contributed by atoms with Crippen LogP contribution in [0.1, 0.15) is 45.2 Å². The fourth-order valence-corrected chi connectivity index (χ4v) is 3.22. The number of para-hydroxylation sites is 1. The normalized spacial score (nSPS) is 12.6. The van der Waals surface area contributed by atoms with Gasteiger partial charge in [-0.3, -0.25) is 0 Å². The van der Waals surface area contributed by atoms with Crippen LogP contribution in [0.3, 0.4) is 0 Å². The van der Waals surface area contributed by atoms with Crippen molar-refractivity contribution in [2.75, 3.05) is 20.3 Å². The number of nitrogens with one attached hydrogen (secondary N) is 1. The van der Waals surface area contributed by atoms with E-state index in [9.17, 15) is 0 Å². The Balaban J connectivity index is 1.82. The van der Waals surface area contributed by atoms with E-state index in [4.69, 9.17) is 9.47 Å². The smallest absolute Gasteiger partial charge is 0.122 e. The highest BCUT2D eigenvalue weighted by molar-refractivity contribution is 5.34. The molecule has 0 aliphatic rings. The molecule has 2 aromatic carbocycles. The van der Waals surface area contributed by atoms with Crippen LogP contribution in [0.2, 0.25) is 0 Å². The molecule has 0 aromatic heterocycles. The highest BCUT2D eigenvalue weighted by atomic mass is 16.5. The summed E-state index contributed by atoms with van der Waals surface area (Å²) in [4.78, 5) is 0. The third-order valence-corrected chi connectivity index (χ3v) is 5.59. The predicted molar refractivity (Wildman–Crippen MR) is 114 cm³/mol. The molecule has 3 heteroatoms. The van der Waals surface area contributed by atoms with E-state index in [2.05, 4.69) is 69.4 Å². The summed E-state index contributed by atoms with van der Waals surface area (Å²) in [5.41, 5.74) is 2.81. The van der Waals surface area contributed by atoms with E-state index in [-0.39, 0.29) is 5.41 Å². The quantitative estimate of drug-likeness (QED) is 0.532. The van der Waals surface area contributed by atoms with Crippen molar-refractivity contribution in [3.8, 4) is 11.5 Å². The van der Waals surface area contributed by atoms with Crippen LogP contribution in [-0.4, -0.2) is 20.3 Å². The number of benzene rings is 2. The van der Waals surface area contributed by atoms with Crippen molar-refractivity contribution in [3.05, 3.63) is 59.7 Å². The summed E-state index contributed by atoms with van der Waals surface area (Å²) in [7, 11) is 1.69. The summed E-state index contributed by atoms with van der Waals surface area (Å²) in [5, 5.41) is 3.44. The third kappa shape index (κ3) is 6.59. The molecule has 27 heavy (non-hydrogen) atoms. The van der Waals surface area contributed by atoms with Gasteiger partial charge in [0.05, 0.1) is 7.11 Å². The number of rotatable bonds is 11. The summed E-state index contributed by atoms with van der Waals surface area (Å²) in [6.07, 6.45) is 2.24. The first-order valence-electron chi connectivity index (χ1n) is 10.0. The van der Waals surface area contributed by atoms with E-state index in [0.29, 0.717) is 12.5 Å². The lowest BCUT2D eigenvalue weighted by Gasteiger charge is -2.32. The van der Waals surface area contributed by atoms with Crippen molar-refractivity contribution in [1.29, 1.82) is 0 Å². The molecule has 0 spiro atoms. The van der Waals surface area contributed by atoms with Crippen molar-refractivity contribution in [2.24, 2.45) is 11.3 Å². The van der Waals surface area contributed by atoms with Gasteiger partial charge in [0.25, 0.3) is 0 Å². The second kappa shape index (κ2) is 10.4. The van der Waals surface area contributed by atoms with Gasteiger partial charge in [-0.25, -0.2) is 0 Å². The van der Waals surface area contributed by atoms with Crippen molar-refractivity contribution in [3.63, 3.8) is 0 Å². The standard InChI is InChI=1S/C24H35NO2/c1-6-19(2)24(3,4)17-21-9-7-8-10-23(21)27-16-15-25-18-20-11-13-22(26-5)14-12-20/h7-14,19,25H,6,15-18H2,1-5H3. The molecule has 1 atom stereocenters. The van der Waals surface area contributed by atoms with Gasteiger partial charge >= 0.3 is 0 Å². The monoisotopic (exact) mass is 369 g/mol. The van der Waals surface area contributed by atoms with Gasteiger partial charge in [0, 0.05) is 13.1 Å². The fraction of sp³-hybridized carbons (Fsp3) is 0.500. The first kappa shape index (κ1) is 21.3. The van der Waals surface area contributed by atoms with E-state index in [0.717, 1.165) is 31.0 Å². The number of hydrogen-bond donors (Lipinski definition) is 1. The molecule has 0 saturated heterocycles. The first-order valence-corrected chi connectivity index (χ1v) is 10.0. The Morgan fingerprint density at radius 1 is 1.04 bits per heavy atom. The van der Waals surface area contributed by atoms with E-state index >= 15 is 0 Å². The Labute approximate surface area is 165 Å². The molecular formula is C24H35NO2. The van der Waals surface area contributed by atoms with Gasteiger partial charge in [-0.15, -0.1) is 0 Å². The van der Waals surface area contributed by atoms with Crippen molar-refractivity contribution in [1.82, 2.24) is 5.32 Å². The van der Waals surface area contributed by atoms with Crippen LogP contribution in [0.5, 0.6) is 11.5 Å². The van der Waals surface area contributed by atoms with Gasteiger partial charge in [-0.2, -0.15) is 0 Å². The molecule has 0 fully saturated rings. The van der Waals surface area contributed by atoms with Crippen LogP contribution < -0.4 is 14.8 Å². The average Bonchev–Trinajstić information content (AvgIpc) is 2.68. The molecule has 0 radical (unpaired) electrons. The predicted octanol–water partition coefficient (Wildman–Crippen LogP) is 5.48. The SMILES string of the molecule is CCC(C)C(C)(C)Cc1ccccc1OCCNCc1ccc(OC)cc1. The molecule has 0 bridgehead atoms. The van der Waals surface area contributed by atoms with E-state index in [1.807, 2.05) is 12.1 Å². The first-order chi connectivity index (χ1) is 13.0. The summed E-state index contributed by atoms with van der Waals surface area (Å²) in [6, 6.07) is 16.6. The van der Waals surface area contributed by atoms with Gasteiger partial charge in [-0.05, 0) is 47.1 Å². The zero-order chi connectivity index (χ0) is 19.7. The Kier molecular flexibility index (Phi) is 8.18. The summed E-state index contributed by atoms with van der Waals surface area (Å²) in [6.45, 7) is 11.6. The van der Waals surface area contributed by atoms with Gasteiger partial charge in [-0.1, -0.05) is 64.4 Å². The molecule has 0 aliphatic carbocycles. The lowest BCUT2D eigenvalue weighted by Crippen LogP contribution is -2.25. The zero-order valence-electron chi connectivity index (χ0n) is 17.5. The second-order valence-corrected chi connectivity index (χ2v) is 7.96. The number of hydrogen-bond acceptors (Lipinski definition) is 3. The Hall–Kier alpha value is -2.00. The van der Waals surface area contributed by atoms with Gasteiger partial charge in [0.1, 0.15) is 18.1 Å². The van der Waals surface area contributed by atoms with Crippen molar-refractivity contribution in [2.45, 2.75) is 47.1 Å². The van der Waals surface area contributed by atoms with Gasteiger partial charge in [0.15, 0.2) is 0 Å². The largest absolute Gasteiger partial charge is 0.497 e. The molecule has 2 rings (SSSR count). The molecule has 148 valence electrons. The zero-order valence-corrected chi connectivity index (χ0v) is 17.5. The summed E-state index contributed by atoms with van der Waals surface area (Å²) < 4.78 is 11.3. The highest BCUT2D eigenvalue weighted by Crippen LogP contribution is 2.35. The van der Waals surface area contributed by atoms with E-state index in [1.165, 1.54) is 17.5 Å². The number of ether oxygens (including phenoxy) is 2. The average molecular weight is 370 g/mol. The molecule has 0 aliphatic heterocycles. The maximum atomic E-state index is 6.09. The second-order valence-electron chi connectivity index (χ2n) is 7.96. The topological polar surface area (TPSA) is 30.5 Å². The van der Waals surface area contributed by atoms with Crippen LogP contribution in [-0.2, 0) is 13.0 Å². The molecular weight excluding hydrogens is 334 g/mol. The minimum Gasteiger partial charge on any atom is -0.497 e. The lowest BCUT2D eigenvalue weighted by molar-refractivity contribution is 0.218. The maximum Gasteiger partial charge on any atom is 0.122 e. The van der Waals surface area contributed by atoms with Crippen LogP contribution in [0.15, 0.2) is 48.5 Å². The molecule has 1 unspecified atom stereocenters. The molecule has 1 N–H and O–H groups in total. The molecule has 3 nitrogen and oxygen atoms in total. The molecule has 0 saturated carbocycles. The maximum absolute atomic E-state index is 6.09. The summed E-state index contributed by atoms with van der Waals surface area (Å²) in [5.74, 6) is 2.58. The minimum absolute atomic E-state index is 0.265. The van der Waals surface area contributed by atoms with E-state index < -0.39 is 0 Å². The number of methoxy groups -OCH3 is 1. The fourth-order valence-electron chi connectivity index (χ4n) is 3.22. The van der Waals surface area contributed by atoms with E-state index in [1.54, 1.807) is 7.11 Å². The Morgan fingerprint density at radius 2 is 1.74 bits per heavy atom.